The summed E-state index contributed by atoms with van der Waals surface area (Å²) in [5.41, 5.74) is 0.818. The Morgan fingerprint density at radius 2 is 1.75 bits per heavy atom. The Morgan fingerprint density at radius 3 is 2.42 bits per heavy atom. The zero-order valence-corrected chi connectivity index (χ0v) is 28.8. The Balaban J connectivity index is 0.00000520. The molecule has 14 heteroatoms. The average molecular weight is 771 g/mol. The number of anilines is 2. The van der Waals surface area contributed by atoms with Crippen molar-refractivity contribution in [2.45, 2.75) is 39.0 Å². The highest BCUT2D eigenvalue weighted by molar-refractivity contribution is 9.10. The number of carbonyl (C=O) groups is 3. The van der Waals surface area contributed by atoms with E-state index in [2.05, 4.69) is 21.2 Å². The molecule has 0 aromatic heterocycles. The lowest BCUT2D eigenvalue weighted by atomic mass is 10.0. The molecule has 7 nitrogen and oxygen atoms in total. The second kappa shape index (κ2) is 15.1. The molecule has 5 rings (SSSR count). The standard InChI is InChI=1S/C34H29BrClF4N3O4.ClH/c1-3-19(2)31(44)41-27-17-43(32(45)20-4-9-24(37)10-5-20)29-15-23(36)8-12-28(29)42(33(27)46)16-26-25-11-7-22(35)14-21(25)6-13-30(26)47-18-34(38,39)40;/h4-15,19,27H,3,16-18H2,1-2H3,(H,41,44);1H/t19-,27+;/m1./s1. The van der Waals surface area contributed by atoms with Crippen molar-refractivity contribution >= 4 is 79.8 Å². The van der Waals surface area contributed by atoms with Crippen LogP contribution in [0, 0.1) is 11.7 Å². The first-order valence-corrected chi connectivity index (χ1v) is 15.8. The summed E-state index contributed by atoms with van der Waals surface area (Å²) in [7, 11) is 0. The van der Waals surface area contributed by atoms with Crippen molar-refractivity contribution in [3.8, 4) is 5.75 Å². The molecular formula is C34H30BrCl2F4N3O4. The highest BCUT2D eigenvalue weighted by Gasteiger charge is 2.38. The maximum absolute atomic E-state index is 14.5. The van der Waals surface area contributed by atoms with Crippen molar-refractivity contribution in [1.29, 1.82) is 0 Å². The Kier molecular flexibility index (Phi) is 11.6. The van der Waals surface area contributed by atoms with Crippen molar-refractivity contribution in [3.05, 3.63) is 99.2 Å². The van der Waals surface area contributed by atoms with Gasteiger partial charge in [-0.05, 0) is 77.9 Å². The number of nitrogens with one attached hydrogen (secondary N) is 1. The maximum atomic E-state index is 14.5. The van der Waals surface area contributed by atoms with E-state index in [1.54, 1.807) is 31.2 Å². The van der Waals surface area contributed by atoms with Crippen molar-refractivity contribution in [2.24, 2.45) is 5.92 Å². The number of hydrogen-bond donors (Lipinski definition) is 1. The third kappa shape index (κ3) is 8.22. The molecule has 48 heavy (non-hydrogen) atoms. The minimum Gasteiger partial charge on any atom is -0.484 e. The number of carbonyl (C=O) groups excluding carboxylic acids is 3. The Hall–Kier alpha value is -3.87. The first-order valence-electron chi connectivity index (χ1n) is 14.6. The third-order valence-corrected chi connectivity index (χ3v) is 8.65. The predicted octanol–water partition coefficient (Wildman–Crippen LogP) is 8.48. The van der Waals surface area contributed by atoms with Crippen molar-refractivity contribution in [2.75, 3.05) is 23.0 Å². The van der Waals surface area contributed by atoms with E-state index >= 15 is 0 Å². The molecule has 0 spiro atoms. The summed E-state index contributed by atoms with van der Waals surface area (Å²) in [4.78, 5) is 44.2. The fourth-order valence-electron chi connectivity index (χ4n) is 5.28. The van der Waals surface area contributed by atoms with Gasteiger partial charge < -0.3 is 19.9 Å². The van der Waals surface area contributed by atoms with E-state index in [-0.39, 0.29) is 58.8 Å². The van der Waals surface area contributed by atoms with Crippen LogP contribution in [0.2, 0.25) is 5.02 Å². The highest BCUT2D eigenvalue weighted by atomic mass is 79.9. The van der Waals surface area contributed by atoms with Gasteiger partial charge in [-0.15, -0.1) is 12.4 Å². The van der Waals surface area contributed by atoms with Crippen LogP contribution in [0.25, 0.3) is 10.8 Å². The minimum atomic E-state index is -4.62. The number of fused-ring (bicyclic) bond motifs is 2. The monoisotopic (exact) mass is 769 g/mol. The predicted molar refractivity (Wildman–Crippen MR) is 183 cm³/mol. The summed E-state index contributed by atoms with van der Waals surface area (Å²) in [6.45, 7) is 1.36. The molecule has 0 radical (unpaired) electrons. The molecule has 1 heterocycles. The van der Waals surface area contributed by atoms with Gasteiger partial charge in [0.2, 0.25) is 5.91 Å². The quantitative estimate of drug-likeness (QED) is 0.183. The molecule has 0 fully saturated rings. The fraction of sp³-hybridized carbons (Fsp3) is 0.265. The molecule has 1 N–H and O–H groups in total. The molecule has 0 aliphatic carbocycles. The Morgan fingerprint density at radius 1 is 1.04 bits per heavy atom. The summed E-state index contributed by atoms with van der Waals surface area (Å²) in [5, 5.41) is 4.20. The number of alkyl halides is 3. The number of benzene rings is 4. The lowest BCUT2D eigenvalue weighted by molar-refractivity contribution is -0.153. The largest absolute Gasteiger partial charge is 0.484 e. The minimum absolute atomic E-state index is 0. The fourth-order valence-corrected chi connectivity index (χ4v) is 5.82. The number of amides is 3. The first-order chi connectivity index (χ1) is 22.3. The number of halogens is 7. The zero-order valence-electron chi connectivity index (χ0n) is 25.6. The van der Waals surface area contributed by atoms with Gasteiger partial charge in [-0.2, -0.15) is 13.2 Å². The highest BCUT2D eigenvalue weighted by Crippen LogP contribution is 2.40. The van der Waals surface area contributed by atoms with Crippen LogP contribution >= 0.6 is 39.9 Å². The van der Waals surface area contributed by atoms with E-state index in [0.717, 1.165) is 16.6 Å². The summed E-state index contributed by atoms with van der Waals surface area (Å²) in [5.74, 6) is -2.73. The van der Waals surface area contributed by atoms with Gasteiger partial charge in [0.15, 0.2) is 6.61 Å². The molecule has 254 valence electrons. The average Bonchev–Trinajstić information content (AvgIpc) is 3.13. The summed E-state index contributed by atoms with van der Waals surface area (Å²) < 4.78 is 59.6. The number of nitrogens with zero attached hydrogens (tertiary/aromatic N) is 2. The van der Waals surface area contributed by atoms with Gasteiger partial charge in [0.05, 0.1) is 24.5 Å². The number of rotatable bonds is 8. The van der Waals surface area contributed by atoms with Crippen molar-refractivity contribution < 1.29 is 36.7 Å². The van der Waals surface area contributed by atoms with Crippen LogP contribution in [0.3, 0.4) is 0 Å². The zero-order chi connectivity index (χ0) is 34.0. The summed E-state index contributed by atoms with van der Waals surface area (Å²) in [6.07, 6.45) is -4.14. The van der Waals surface area contributed by atoms with E-state index in [1.165, 1.54) is 46.2 Å². The van der Waals surface area contributed by atoms with Crippen LogP contribution in [-0.4, -0.2) is 43.1 Å². The molecule has 3 amide bonds. The molecular weight excluding hydrogens is 741 g/mol. The summed E-state index contributed by atoms with van der Waals surface area (Å²) in [6, 6.07) is 16.3. The first kappa shape index (κ1) is 37.0. The third-order valence-electron chi connectivity index (χ3n) is 7.92. The second-order valence-electron chi connectivity index (χ2n) is 11.2. The van der Waals surface area contributed by atoms with Gasteiger partial charge in [0, 0.05) is 26.5 Å². The van der Waals surface area contributed by atoms with Crippen LogP contribution in [0.15, 0.2) is 77.3 Å². The van der Waals surface area contributed by atoms with Crippen LogP contribution in [0.4, 0.5) is 28.9 Å². The van der Waals surface area contributed by atoms with E-state index in [1.807, 2.05) is 6.92 Å². The van der Waals surface area contributed by atoms with E-state index in [4.69, 9.17) is 16.3 Å². The van der Waals surface area contributed by atoms with Gasteiger partial charge in [-0.25, -0.2) is 4.39 Å². The van der Waals surface area contributed by atoms with Gasteiger partial charge in [0.1, 0.15) is 17.6 Å². The molecule has 2 atom stereocenters. The molecule has 1 aliphatic heterocycles. The second-order valence-corrected chi connectivity index (χ2v) is 12.5. The Labute approximate surface area is 293 Å². The van der Waals surface area contributed by atoms with Gasteiger partial charge in [0.25, 0.3) is 11.8 Å². The number of ether oxygens (including phenoxy) is 1. The van der Waals surface area contributed by atoms with Crippen molar-refractivity contribution in [1.82, 2.24) is 5.32 Å². The lowest BCUT2D eigenvalue weighted by Gasteiger charge is -2.28. The topological polar surface area (TPSA) is 79.0 Å². The maximum Gasteiger partial charge on any atom is 0.422 e. The van der Waals surface area contributed by atoms with Gasteiger partial charge in [-0.1, -0.05) is 53.5 Å². The van der Waals surface area contributed by atoms with Crippen LogP contribution in [0.1, 0.15) is 36.2 Å². The molecule has 0 bridgehead atoms. The molecule has 0 saturated carbocycles. The van der Waals surface area contributed by atoms with E-state index in [0.29, 0.717) is 17.2 Å². The summed E-state index contributed by atoms with van der Waals surface area (Å²) >= 11 is 9.82. The molecule has 4 aromatic carbocycles. The lowest BCUT2D eigenvalue weighted by Crippen LogP contribution is -2.53. The van der Waals surface area contributed by atoms with Crippen LogP contribution in [-0.2, 0) is 16.1 Å². The van der Waals surface area contributed by atoms with Crippen LogP contribution in [0.5, 0.6) is 5.75 Å². The van der Waals surface area contributed by atoms with E-state index < -0.39 is 48.3 Å². The van der Waals surface area contributed by atoms with Crippen LogP contribution < -0.4 is 19.9 Å². The SMILES string of the molecule is CC[C@@H](C)C(=O)N[C@H]1CN(C(=O)c2ccc(F)cc2)c2cc(Cl)ccc2N(Cc2c(OCC(F)(F)F)ccc3cc(Br)ccc23)C1=O.Cl. The molecule has 4 aromatic rings. The number of hydrogen-bond acceptors (Lipinski definition) is 4. The van der Waals surface area contributed by atoms with Gasteiger partial charge in [-0.3, -0.25) is 14.4 Å². The van der Waals surface area contributed by atoms with E-state index in [9.17, 15) is 31.9 Å². The normalized spacial score (nSPS) is 15.3. The molecule has 0 unspecified atom stereocenters. The molecule has 0 saturated heterocycles. The smallest absolute Gasteiger partial charge is 0.422 e. The Bertz CT molecular complexity index is 1840. The van der Waals surface area contributed by atoms with Crippen molar-refractivity contribution in [3.63, 3.8) is 0 Å². The van der Waals surface area contributed by atoms with Gasteiger partial charge >= 0.3 is 6.18 Å². The molecule has 1 aliphatic rings.